The lowest BCUT2D eigenvalue weighted by atomic mass is 10.1. The van der Waals surface area contributed by atoms with Crippen molar-refractivity contribution in [1.29, 1.82) is 5.26 Å². The number of halogens is 3. The number of likely N-dealkylation sites (N-methyl/N-ethyl adjacent to an activating group) is 1. The van der Waals surface area contributed by atoms with Gasteiger partial charge in [-0.15, -0.1) is 0 Å². The summed E-state index contributed by atoms with van der Waals surface area (Å²) >= 11 is 0. The Bertz CT molecular complexity index is 601. The molecule has 0 radical (unpaired) electrons. The van der Waals surface area contributed by atoms with E-state index >= 15 is 0 Å². The standard InChI is InChI=1S/C13H11F3N2O2/c1-12(7-20-12)11(19)18(2)9-4-3-8(6-17)10(5-9)13(14,15)16/h3-5H,7H2,1-2H3/t12-/m0/s1. The second kappa shape index (κ2) is 4.49. The van der Waals surface area contributed by atoms with Crippen molar-refractivity contribution < 1.29 is 22.7 Å². The van der Waals surface area contributed by atoms with Crippen molar-refractivity contribution in [3.8, 4) is 6.07 Å². The Balaban J connectivity index is 2.39. The van der Waals surface area contributed by atoms with Crippen molar-refractivity contribution >= 4 is 11.6 Å². The van der Waals surface area contributed by atoms with Gasteiger partial charge >= 0.3 is 6.18 Å². The van der Waals surface area contributed by atoms with Crippen LogP contribution in [-0.2, 0) is 15.7 Å². The summed E-state index contributed by atoms with van der Waals surface area (Å²) in [7, 11) is 1.37. The first kappa shape index (κ1) is 14.3. The number of rotatable bonds is 2. The van der Waals surface area contributed by atoms with Crippen LogP contribution in [0.5, 0.6) is 0 Å². The highest BCUT2D eigenvalue weighted by molar-refractivity contribution is 6.00. The SMILES string of the molecule is CN(C(=O)[C@]1(C)CO1)c1ccc(C#N)c(C(F)(F)F)c1. The second-order valence-electron chi connectivity index (χ2n) is 4.72. The number of carbonyl (C=O) groups excluding carboxylic acids is 1. The topological polar surface area (TPSA) is 56.6 Å². The fraction of sp³-hybridized carbons (Fsp3) is 0.385. The van der Waals surface area contributed by atoms with Crippen molar-refractivity contribution in [2.24, 2.45) is 0 Å². The van der Waals surface area contributed by atoms with Crippen LogP contribution in [0.2, 0.25) is 0 Å². The zero-order valence-corrected chi connectivity index (χ0v) is 10.8. The highest BCUT2D eigenvalue weighted by Gasteiger charge is 2.49. The van der Waals surface area contributed by atoms with Crippen LogP contribution in [0, 0.1) is 11.3 Å². The molecule has 1 aliphatic heterocycles. The molecule has 1 amide bonds. The number of ether oxygens (including phenoxy) is 1. The maximum Gasteiger partial charge on any atom is 0.417 e. The number of nitriles is 1. The molecular weight excluding hydrogens is 273 g/mol. The van der Waals surface area contributed by atoms with Crippen molar-refractivity contribution in [1.82, 2.24) is 0 Å². The Morgan fingerprint density at radius 1 is 1.50 bits per heavy atom. The summed E-state index contributed by atoms with van der Waals surface area (Å²) in [6.07, 6.45) is -4.65. The second-order valence-corrected chi connectivity index (χ2v) is 4.72. The van der Waals surface area contributed by atoms with E-state index in [4.69, 9.17) is 10.00 Å². The molecule has 0 aromatic heterocycles. The maximum atomic E-state index is 12.8. The highest BCUT2D eigenvalue weighted by atomic mass is 19.4. The molecule has 106 valence electrons. The van der Waals surface area contributed by atoms with Gasteiger partial charge in [0.2, 0.25) is 0 Å². The smallest absolute Gasteiger partial charge is 0.359 e. The minimum atomic E-state index is -4.65. The van der Waals surface area contributed by atoms with E-state index in [1.54, 1.807) is 6.92 Å². The lowest BCUT2D eigenvalue weighted by Gasteiger charge is -2.21. The quantitative estimate of drug-likeness (QED) is 0.783. The molecule has 0 spiro atoms. The number of benzene rings is 1. The summed E-state index contributed by atoms with van der Waals surface area (Å²) < 4.78 is 43.5. The number of amides is 1. The highest BCUT2D eigenvalue weighted by Crippen LogP contribution is 2.35. The van der Waals surface area contributed by atoms with Gasteiger partial charge in [-0.2, -0.15) is 18.4 Å². The molecule has 1 atom stereocenters. The number of hydrogen-bond donors (Lipinski definition) is 0. The van der Waals surface area contributed by atoms with Crippen molar-refractivity contribution in [3.63, 3.8) is 0 Å². The van der Waals surface area contributed by atoms with Crippen LogP contribution < -0.4 is 4.90 Å². The first-order valence-corrected chi connectivity index (χ1v) is 5.72. The Hall–Kier alpha value is -2.07. The van der Waals surface area contributed by atoms with Crippen LogP contribution in [0.4, 0.5) is 18.9 Å². The molecule has 1 aromatic carbocycles. The van der Waals surface area contributed by atoms with E-state index in [-0.39, 0.29) is 12.3 Å². The maximum absolute atomic E-state index is 12.8. The third kappa shape index (κ3) is 2.47. The molecule has 7 heteroatoms. The van der Waals surface area contributed by atoms with Gasteiger partial charge in [0, 0.05) is 12.7 Å². The van der Waals surface area contributed by atoms with Gasteiger partial charge in [0.25, 0.3) is 5.91 Å². The van der Waals surface area contributed by atoms with Gasteiger partial charge in [-0.1, -0.05) is 0 Å². The van der Waals surface area contributed by atoms with E-state index < -0.39 is 28.8 Å². The third-order valence-electron chi connectivity index (χ3n) is 3.15. The molecule has 1 heterocycles. The Morgan fingerprint density at radius 3 is 2.55 bits per heavy atom. The molecule has 4 nitrogen and oxygen atoms in total. The number of anilines is 1. The average molecular weight is 284 g/mol. The molecule has 1 saturated heterocycles. The van der Waals surface area contributed by atoms with Crippen molar-refractivity contribution in [2.75, 3.05) is 18.6 Å². The Kier molecular flexibility index (Phi) is 3.22. The molecule has 0 N–H and O–H groups in total. The molecule has 0 aliphatic carbocycles. The first-order chi connectivity index (χ1) is 9.19. The lowest BCUT2D eigenvalue weighted by molar-refractivity contribution is -0.137. The largest absolute Gasteiger partial charge is 0.417 e. The van der Waals surface area contributed by atoms with E-state index in [0.29, 0.717) is 0 Å². The van der Waals surface area contributed by atoms with Gasteiger partial charge in [0.1, 0.15) is 0 Å². The van der Waals surface area contributed by atoms with Crippen LogP contribution in [0.25, 0.3) is 0 Å². The molecule has 20 heavy (non-hydrogen) atoms. The zero-order valence-electron chi connectivity index (χ0n) is 10.8. The third-order valence-corrected chi connectivity index (χ3v) is 3.15. The fourth-order valence-electron chi connectivity index (χ4n) is 1.78. The lowest BCUT2D eigenvalue weighted by Crippen LogP contribution is -2.37. The number of alkyl halides is 3. The van der Waals surface area contributed by atoms with Gasteiger partial charge in [-0.3, -0.25) is 4.79 Å². The van der Waals surface area contributed by atoms with Crippen LogP contribution in [0.1, 0.15) is 18.1 Å². The van der Waals surface area contributed by atoms with Gasteiger partial charge in [0.15, 0.2) is 5.60 Å². The van der Waals surface area contributed by atoms with Gasteiger partial charge < -0.3 is 9.64 Å². The molecule has 1 aromatic rings. The molecule has 1 aliphatic rings. The summed E-state index contributed by atoms with van der Waals surface area (Å²) in [6.45, 7) is 1.82. The molecule has 0 bridgehead atoms. The zero-order chi connectivity index (χ0) is 15.1. The van der Waals surface area contributed by atoms with Crippen molar-refractivity contribution in [2.45, 2.75) is 18.7 Å². The van der Waals surface area contributed by atoms with Gasteiger partial charge in [-0.05, 0) is 25.1 Å². The van der Waals surface area contributed by atoms with Crippen LogP contribution in [-0.4, -0.2) is 25.2 Å². The van der Waals surface area contributed by atoms with E-state index in [9.17, 15) is 18.0 Å². The van der Waals surface area contributed by atoms with E-state index in [1.807, 2.05) is 0 Å². The Labute approximate surface area is 113 Å². The van der Waals surface area contributed by atoms with Crippen LogP contribution in [0.15, 0.2) is 18.2 Å². The predicted molar refractivity (Wildman–Crippen MR) is 63.9 cm³/mol. The van der Waals surface area contributed by atoms with E-state index in [0.717, 1.165) is 17.0 Å². The minimum Gasteiger partial charge on any atom is -0.359 e. The fourth-order valence-corrected chi connectivity index (χ4v) is 1.78. The molecule has 2 rings (SSSR count). The van der Waals surface area contributed by atoms with Gasteiger partial charge in [-0.25, -0.2) is 0 Å². The molecule has 0 unspecified atom stereocenters. The van der Waals surface area contributed by atoms with Crippen LogP contribution >= 0.6 is 0 Å². The summed E-state index contributed by atoms with van der Waals surface area (Å²) in [5, 5.41) is 8.71. The predicted octanol–water partition coefficient (Wildman–Crippen LogP) is 2.33. The average Bonchev–Trinajstić information content (AvgIpc) is 3.14. The summed E-state index contributed by atoms with van der Waals surface area (Å²) in [4.78, 5) is 13.1. The number of hydrogen-bond acceptors (Lipinski definition) is 3. The van der Waals surface area contributed by atoms with Gasteiger partial charge in [0.05, 0.1) is 23.8 Å². The first-order valence-electron chi connectivity index (χ1n) is 5.72. The molecule has 0 saturated carbocycles. The van der Waals surface area contributed by atoms with Crippen LogP contribution in [0.3, 0.4) is 0 Å². The molecular formula is C13H11F3N2O2. The normalized spacial score (nSPS) is 21.2. The molecule has 1 fully saturated rings. The van der Waals surface area contributed by atoms with E-state index in [2.05, 4.69) is 0 Å². The Morgan fingerprint density at radius 2 is 2.10 bits per heavy atom. The van der Waals surface area contributed by atoms with E-state index in [1.165, 1.54) is 19.2 Å². The monoisotopic (exact) mass is 284 g/mol. The van der Waals surface area contributed by atoms with Crippen molar-refractivity contribution in [3.05, 3.63) is 29.3 Å². The minimum absolute atomic E-state index is 0.0676. The summed E-state index contributed by atoms with van der Waals surface area (Å²) in [5.74, 6) is -0.421. The number of epoxide rings is 1. The summed E-state index contributed by atoms with van der Waals surface area (Å²) in [6, 6.07) is 4.64. The number of carbonyl (C=O) groups is 1. The number of nitrogens with zero attached hydrogens (tertiary/aromatic N) is 2. The summed E-state index contributed by atoms with van der Waals surface area (Å²) in [5.41, 5.74) is -2.42.